The van der Waals surface area contributed by atoms with Gasteiger partial charge in [-0.25, -0.2) is 4.98 Å². The Labute approximate surface area is 117 Å². The number of amides is 1. The molecule has 1 aromatic carbocycles. The molecule has 2 rings (SSSR count). The van der Waals surface area contributed by atoms with Crippen LogP contribution in [0, 0.1) is 16.1 Å². The Balaban J connectivity index is 2.25. The van der Waals surface area contributed by atoms with Crippen LogP contribution in [-0.2, 0) is 0 Å². The number of hydrogen-bond acceptors (Lipinski definition) is 4. The lowest BCUT2D eigenvalue weighted by atomic mass is 10.2. The van der Waals surface area contributed by atoms with Crippen LogP contribution in [0.15, 0.2) is 36.5 Å². The molecular formula is C12H7ClFN3O3. The predicted molar refractivity (Wildman–Crippen MR) is 70.3 cm³/mol. The summed E-state index contributed by atoms with van der Waals surface area (Å²) in [6.07, 6.45) is 1.13. The minimum absolute atomic E-state index is 0.0218. The van der Waals surface area contributed by atoms with Gasteiger partial charge in [-0.15, -0.1) is 0 Å². The van der Waals surface area contributed by atoms with Crippen LogP contribution in [0.5, 0.6) is 0 Å². The number of carbonyl (C=O) groups is 1. The second-order valence-electron chi connectivity index (χ2n) is 3.78. The molecule has 20 heavy (non-hydrogen) atoms. The van der Waals surface area contributed by atoms with Crippen molar-refractivity contribution in [3.05, 3.63) is 63.2 Å². The number of halogens is 2. The number of hydrogen-bond donors (Lipinski definition) is 1. The molecule has 1 amide bonds. The van der Waals surface area contributed by atoms with E-state index in [1.807, 2.05) is 0 Å². The van der Waals surface area contributed by atoms with E-state index < -0.39 is 16.8 Å². The minimum atomic E-state index is -0.679. The number of nitro groups is 1. The van der Waals surface area contributed by atoms with Crippen molar-refractivity contribution in [3.8, 4) is 0 Å². The zero-order valence-electron chi connectivity index (χ0n) is 9.84. The maximum absolute atomic E-state index is 12.6. The van der Waals surface area contributed by atoms with Gasteiger partial charge in [-0.2, -0.15) is 4.39 Å². The lowest BCUT2D eigenvalue weighted by molar-refractivity contribution is -0.384. The number of benzene rings is 1. The number of nitrogens with one attached hydrogen (secondary N) is 1. The van der Waals surface area contributed by atoms with E-state index in [1.54, 1.807) is 0 Å². The van der Waals surface area contributed by atoms with Gasteiger partial charge < -0.3 is 5.32 Å². The Hall–Kier alpha value is -2.54. The van der Waals surface area contributed by atoms with Crippen LogP contribution < -0.4 is 5.32 Å². The fourth-order valence-corrected chi connectivity index (χ4v) is 1.69. The molecule has 0 bridgehead atoms. The summed E-state index contributed by atoms with van der Waals surface area (Å²) >= 11 is 5.72. The third kappa shape index (κ3) is 3.27. The second kappa shape index (κ2) is 5.62. The highest BCUT2D eigenvalue weighted by atomic mass is 35.5. The molecule has 1 aromatic heterocycles. The maximum atomic E-state index is 12.6. The normalized spacial score (nSPS) is 10.1. The number of pyridine rings is 1. The molecule has 0 saturated heterocycles. The van der Waals surface area contributed by atoms with Crippen molar-refractivity contribution < 1.29 is 14.1 Å². The van der Waals surface area contributed by atoms with Gasteiger partial charge in [-0.1, -0.05) is 11.6 Å². The number of rotatable bonds is 3. The van der Waals surface area contributed by atoms with Crippen LogP contribution >= 0.6 is 11.6 Å². The summed E-state index contributed by atoms with van der Waals surface area (Å²) in [4.78, 5) is 25.3. The molecule has 0 aliphatic carbocycles. The van der Waals surface area contributed by atoms with Crippen LogP contribution in [0.3, 0.4) is 0 Å². The molecule has 0 aliphatic heterocycles. The lowest BCUT2D eigenvalue weighted by Gasteiger charge is -2.05. The Bertz CT molecular complexity index is 676. The molecule has 1 N–H and O–H groups in total. The first-order valence-electron chi connectivity index (χ1n) is 5.33. The molecule has 1 heterocycles. The largest absolute Gasteiger partial charge is 0.321 e. The molecule has 2 aromatic rings. The van der Waals surface area contributed by atoms with Crippen LogP contribution in [0.1, 0.15) is 10.4 Å². The summed E-state index contributed by atoms with van der Waals surface area (Å²) in [7, 11) is 0. The zero-order valence-corrected chi connectivity index (χ0v) is 10.6. The Morgan fingerprint density at radius 1 is 1.35 bits per heavy atom. The molecule has 0 fully saturated rings. The first-order chi connectivity index (χ1) is 9.45. The third-order valence-electron chi connectivity index (χ3n) is 2.34. The molecule has 8 heteroatoms. The SMILES string of the molecule is O=C(Nc1ccc(F)nc1)c1cc(Cl)cc([N+](=O)[O-])c1. The van der Waals surface area contributed by atoms with Gasteiger partial charge in [-0.05, 0) is 18.2 Å². The highest BCUT2D eigenvalue weighted by molar-refractivity contribution is 6.31. The Kier molecular flexibility index (Phi) is 3.90. The van der Waals surface area contributed by atoms with E-state index in [2.05, 4.69) is 10.3 Å². The molecule has 0 unspecified atom stereocenters. The molecule has 0 saturated carbocycles. The van der Waals surface area contributed by atoms with E-state index in [0.29, 0.717) is 0 Å². The first-order valence-corrected chi connectivity index (χ1v) is 5.71. The summed E-state index contributed by atoms with van der Waals surface area (Å²) in [6, 6.07) is 5.92. The van der Waals surface area contributed by atoms with Crippen molar-refractivity contribution in [2.45, 2.75) is 0 Å². The van der Waals surface area contributed by atoms with Crippen LogP contribution in [0.25, 0.3) is 0 Å². The first kappa shape index (κ1) is 13.9. The second-order valence-corrected chi connectivity index (χ2v) is 4.22. The van der Waals surface area contributed by atoms with Gasteiger partial charge in [-0.3, -0.25) is 14.9 Å². The van der Waals surface area contributed by atoms with Gasteiger partial charge >= 0.3 is 0 Å². The fourth-order valence-electron chi connectivity index (χ4n) is 1.46. The van der Waals surface area contributed by atoms with Crippen LogP contribution in [0.2, 0.25) is 5.02 Å². The van der Waals surface area contributed by atoms with Crippen molar-refractivity contribution in [1.29, 1.82) is 0 Å². The summed E-state index contributed by atoms with van der Waals surface area (Å²) in [5.74, 6) is -1.29. The number of nitro benzene ring substituents is 1. The Morgan fingerprint density at radius 2 is 2.10 bits per heavy atom. The number of aromatic nitrogens is 1. The van der Waals surface area contributed by atoms with Crippen LogP contribution in [-0.4, -0.2) is 15.8 Å². The highest BCUT2D eigenvalue weighted by Gasteiger charge is 2.14. The van der Waals surface area contributed by atoms with Gasteiger partial charge in [0.1, 0.15) is 0 Å². The summed E-state index contributed by atoms with van der Waals surface area (Å²) in [5.41, 5.74) is -0.00700. The van der Waals surface area contributed by atoms with Crippen molar-refractivity contribution in [1.82, 2.24) is 4.98 Å². The topological polar surface area (TPSA) is 85.1 Å². The quantitative estimate of drug-likeness (QED) is 0.536. The van der Waals surface area contributed by atoms with E-state index in [0.717, 1.165) is 24.4 Å². The molecule has 0 aliphatic rings. The van der Waals surface area contributed by atoms with Gasteiger partial charge in [0.2, 0.25) is 5.95 Å². The number of anilines is 1. The van der Waals surface area contributed by atoms with Crippen molar-refractivity contribution in [2.75, 3.05) is 5.32 Å². The van der Waals surface area contributed by atoms with Gasteiger partial charge in [0.05, 0.1) is 16.8 Å². The summed E-state index contributed by atoms with van der Waals surface area (Å²) in [5, 5.41) is 13.2. The monoisotopic (exact) mass is 295 g/mol. The van der Waals surface area contributed by atoms with Gasteiger partial charge in [0.25, 0.3) is 11.6 Å². The summed E-state index contributed by atoms with van der Waals surface area (Å²) in [6.45, 7) is 0. The highest BCUT2D eigenvalue weighted by Crippen LogP contribution is 2.21. The van der Waals surface area contributed by atoms with E-state index in [-0.39, 0.29) is 22.0 Å². The third-order valence-corrected chi connectivity index (χ3v) is 2.56. The molecule has 0 radical (unpaired) electrons. The van der Waals surface area contributed by atoms with E-state index in [1.165, 1.54) is 12.1 Å². The molecular weight excluding hydrogens is 289 g/mol. The molecule has 6 nitrogen and oxygen atoms in total. The standard InChI is InChI=1S/C12H7ClFN3O3/c13-8-3-7(4-10(5-8)17(19)20)12(18)16-9-1-2-11(14)15-6-9/h1-6H,(H,16,18). The van der Waals surface area contributed by atoms with Crippen LogP contribution in [0.4, 0.5) is 15.8 Å². The predicted octanol–water partition coefficient (Wildman–Crippen LogP) is 3.03. The minimum Gasteiger partial charge on any atom is -0.321 e. The maximum Gasteiger partial charge on any atom is 0.271 e. The van der Waals surface area contributed by atoms with Crippen molar-refractivity contribution in [2.24, 2.45) is 0 Å². The van der Waals surface area contributed by atoms with E-state index in [9.17, 15) is 19.3 Å². The van der Waals surface area contributed by atoms with E-state index in [4.69, 9.17) is 11.6 Å². The average molecular weight is 296 g/mol. The molecule has 102 valence electrons. The van der Waals surface area contributed by atoms with Gasteiger partial charge in [0.15, 0.2) is 0 Å². The Morgan fingerprint density at radius 3 is 2.70 bits per heavy atom. The van der Waals surface area contributed by atoms with Gasteiger partial charge in [0, 0.05) is 22.7 Å². The fraction of sp³-hybridized carbons (Fsp3) is 0. The van der Waals surface area contributed by atoms with E-state index >= 15 is 0 Å². The average Bonchev–Trinajstić information content (AvgIpc) is 2.40. The van der Waals surface area contributed by atoms with Crippen molar-refractivity contribution >= 4 is 28.9 Å². The zero-order chi connectivity index (χ0) is 14.7. The number of carbonyl (C=O) groups excluding carboxylic acids is 1. The lowest BCUT2D eigenvalue weighted by Crippen LogP contribution is -2.12. The number of nitrogens with zero attached hydrogens (tertiary/aromatic N) is 2. The molecule has 0 atom stereocenters. The molecule has 0 spiro atoms. The summed E-state index contributed by atoms with van der Waals surface area (Å²) < 4.78 is 12.6. The van der Waals surface area contributed by atoms with Crippen molar-refractivity contribution in [3.63, 3.8) is 0 Å². The number of non-ortho nitro benzene ring substituents is 1. The smallest absolute Gasteiger partial charge is 0.271 e.